The third kappa shape index (κ3) is 5.15. The van der Waals surface area contributed by atoms with Crippen LogP contribution in [0, 0.1) is 11.8 Å². The van der Waals surface area contributed by atoms with Gasteiger partial charge in [0.25, 0.3) is 0 Å². The number of piperidine rings is 1. The second-order valence-corrected chi connectivity index (χ2v) is 6.53. The molecule has 2 unspecified atom stereocenters. The summed E-state index contributed by atoms with van der Waals surface area (Å²) >= 11 is 0. The molecule has 1 fully saturated rings. The Balaban J connectivity index is 1.79. The van der Waals surface area contributed by atoms with E-state index in [1.165, 1.54) is 12.1 Å². The monoisotopic (exact) mass is 328 g/mol. The van der Waals surface area contributed by atoms with E-state index in [0.717, 1.165) is 37.2 Å². The van der Waals surface area contributed by atoms with E-state index in [9.17, 15) is 18.0 Å². The standard InChI is InChI=1S/C17H23F3N2O/c1-12-9-13(2)11-22(10-12)16(23)21-8-7-14-3-5-15(6-4-14)17(18,19)20/h3-6,12-13H,7-11H2,1-2H3,(H,21,23). The van der Waals surface area contributed by atoms with E-state index in [2.05, 4.69) is 19.2 Å². The third-order valence-electron chi connectivity index (χ3n) is 4.13. The fourth-order valence-electron chi connectivity index (χ4n) is 3.11. The highest BCUT2D eigenvalue weighted by Crippen LogP contribution is 2.29. The van der Waals surface area contributed by atoms with E-state index >= 15 is 0 Å². The normalized spacial score (nSPS) is 22.0. The lowest BCUT2D eigenvalue weighted by Crippen LogP contribution is -2.47. The zero-order chi connectivity index (χ0) is 17.0. The van der Waals surface area contributed by atoms with Crippen LogP contribution in [0.1, 0.15) is 31.4 Å². The van der Waals surface area contributed by atoms with Gasteiger partial charge >= 0.3 is 12.2 Å². The van der Waals surface area contributed by atoms with Crippen LogP contribution in [0.3, 0.4) is 0 Å². The number of urea groups is 1. The van der Waals surface area contributed by atoms with Crippen LogP contribution in [-0.2, 0) is 12.6 Å². The lowest BCUT2D eigenvalue weighted by molar-refractivity contribution is -0.137. The summed E-state index contributed by atoms with van der Waals surface area (Å²) in [4.78, 5) is 14.0. The smallest absolute Gasteiger partial charge is 0.338 e. The Labute approximate surface area is 134 Å². The molecule has 6 heteroatoms. The van der Waals surface area contributed by atoms with Crippen LogP contribution in [0.5, 0.6) is 0 Å². The second kappa shape index (κ2) is 7.23. The first-order chi connectivity index (χ1) is 10.8. The van der Waals surface area contributed by atoms with Gasteiger partial charge in [-0.3, -0.25) is 0 Å². The Kier molecular flexibility index (Phi) is 5.55. The predicted molar refractivity (Wildman–Crippen MR) is 83.1 cm³/mol. The summed E-state index contributed by atoms with van der Waals surface area (Å²) in [5.74, 6) is 0.999. The van der Waals surface area contributed by atoms with Crippen LogP contribution < -0.4 is 5.32 Å². The quantitative estimate of drug-likeness (QED) is 0.896. The molecule has 128 valence electrons. The molecule has 0 bridgehead atoms. The highest BCUT2D eigenvalue weighted by molar-refractivity contribution is 5.74. The molecule has 23 heavy (non-hydrogen) atoms. The number of carbonyl (C=O) groups excluding carboxylic acids is 1. The molecule has 1 saturated heterocycles. The number of hydrogen-bond donors (Lipinski definition) is 1. The highest BCUT2D eigenvalue weighted by atomic mass is 19.4. The molecular weight excluding hydrogens is 305 g/mol. The summed E-state index contributed by atoms with van der Waals surface area (Å²) in [6.45, 7) is 6.21. The minimum atomic E-state index is -4.31. The van der Waals surface area contributed by atoms with E-state index in [0.29, 0.717) is 24.8 Å². The van der Waals surface area contributed by atoms with Crippen molar-refractivity contribution in [3.63, 3.8) is 0 Å². The summed E-state index contributed by atoms with van der Waals surface area (Å²) in [5.41, 5.74) is 0.125. The van der Waals surface area contributed by atoms with Crippen molar-refractivity contribution < 1.29 is 18.0 Å². The number of rotatable bonds is 3. The van der Waals surface area contributed by atoms with Crippen LogP contribution >= 0.6 is 0 Å². The number of hydrogen-bond acceptors (Lipinski definition) is 1. The van der Waals surface area contributed by atoms with Gasteiger partial charge in [0.05, 0.1) is 5.56 Å². The molecule has 0 saturated carbocycles. The fourth-order valence-corrected chi connectivity index (χ4v) is 3.11. The van der Waals surface area contributed by atoms with Gasteiger partial charge in [0.2, 0.25) is 0 Å². The topological polar surface area (TPSA) is 32.3 Å². The van der Waals surface area contributed by atoms with E-state index in [1.54, 1.807) is 0 Å². The molecule has 2 atom stereocenters. The SMILES string of the molecule is CC1CC(C)CN(C(=O)NCCc2ccc(C(F)(F)F)cc2)C1. The lowest BCUT2D eigenvalue weighted by Gasteiger charge is -2.34. The maximum atomic E-state index is 12.5. The molecule has 1 heterocycles. The van der Waals surface area contributed by atoms with Crippen molar-refractivity contribution in [3.05, 3.63) is 35.4 Å². The molecule has 0 radical (unpaired) electrons. The Morgan fingerprint density at radius 3 is 2.26 bits per heavy atom. The number of nitrogens with zero attached hydrogens (tertiary/aromatic N) is 1. The summed E-state index contributed by atoms with van der Waals surface area (Å²) in [6.07, 6.45) is -2.66. The number of alkyl halides is 3. The van der Waals surface area contributed by atoms with Crippen molar-refractivity contribution in [3.8, 4) is 0 Å². The molecule has 0 spiro atoms. The van der Waals surface area contributed by atoms with Gasteiger partial charge in [-0.25, -0.2) is 4.79 Å². The molecule has 1 aromatic rings. The van der Waals surface area contributed by atoms with Gasteiger partial charge in [-0.15, -0.1) is 0 Å². The number of carbonyl (C=O) groups is 1. The average Bonchev–Trinajstić information content (AvgIpc) is 2.45. The van der Waals surface area contributed by atoms with Gasteiger partial charge in [-0.1, -0.05) is 26.0 Å². The minimum Gasteiger partial charge on any atom is -0.338 e. The van der Waals surface area contributed by atoms with E-state index in [-0.39, 0.29) is 6.03 Å². The van der Waals surface area contributed by atoms with Crippen molar-refractivity contribution in [1.82, 2.24) is 10.2 Å². The first kappa shape index (κ1) is 17.6. The molecular formula is C17H23F3N2O. The number of nitrogens with one attached hydrogen (secondary N) is 1. The molecule has 2 rings (SSSR count). The van der Waals surface area contributed by atoms with E-state index < -0.39 is 11.7 Å². The van der Waals surface area contributed by atoms with Crippen molar-refractivity contribution in [1.29, 1.82) is 0 Å². The van der Waals surface area contributed by atoms with Crippen LogP contribution in [0.15, 0.2) is 24.3 Å². The van der Waals surface area contributed by atoms with Crippen LogP contribution in [0.4, 0.5) is 18.0 Å². The Morgan fingerprint density at radius 2 is 1.74 bits per heavy atom. The molecule has 1 aliphatic rings. The zero-order valence-electron chi connectivity index (χ0n) is 13.5. The Morgan fingerprint density at radius 1 is 1.17 bits per heavy atom. The molecule has 1 N–H and O–H groups in total. The Bertz CT molecular complexity index is 518. The number of halogens is 3. The summed E-state index contributed by atoms with van der Waals surface area (Å²) in [6, 6.07) is 4.98. The first-order valence-corrected chi connectivity index (χ1v) is 7.94. The lowest BCUT2D eigenvalue weighted by atomic mass is 9.92. The molecule has 3 nitrogen and oxygen atoms in total. The first-order valence-electron chi connectivity index (χ1n) is 7.94. The van der Waals surface area contributed by atoms with E-state index in [4.69, 9.17) is 0 Å². The molecule has 1 aromatic carbocycles. The maximum absolute atomic E-state index is 12.5. The molecule has 0 aliphatic carbocycles. The van der Waals surface area contributed by atoms with Gasteiger partial charge in [0.15, 0.2) is 0 Å². The van der Waals surface area contributed by atoms with Gasteiger partial charge in [-0.2, -0.15) is 13.2 Å². The number of benzene rings is 1. The van der Waals surface area contributed by atoms with Gasteiger partial charge < -0.3 is 10.2 Å². The van der Waals surface area contributed by atoms with Gasteiger partial charge in [0.1, 0.15) is 0 Å². The molecule has 0 aromatic heterocycles. The zero-order valence-corrected chi connectivity index (χ0v) is 13.5. The number of amides is 2. The van der Waals surface area contributed by atoms with Crippen molar-refractivity contribution in [2.75, 3.05) is 19.6 Å². The van der Waals surface area contributed by atoms with Crippen molar-refractivity contribution in [2.24, 2.45) is 11.8 Å². The van der Waals surface area contributed by atoms with Gasteiger partial charge in [-0.05, 0) is 42.4 Å². The summed E-state index contributed by atoms with van der Waals surface area (Å²) in [7, 11) is 0. The highest BCUT2D eigenvalue weighted by Gasteiger charge is 2.30. The van der Waals surface area contributed by atoms with E-state index in [1.807, 2.05) is 4.90 Å². The second-order valence-electron chi connectivity index (χ2n) is 6.53. The fraction of sp³-hybridized carbons (Fsp3) is 0.588. The molecule has 1 aliphatic heterocycles. The predicted octanol–water partition coefficient (Wildman–Crippen LogP) is 3.94. The largest absolute Gasteiger partial charge is 0.416 e. The summed E-state index contributed by atoms with van der Waals surface area (Å²) < 4.78 is 37.5. The van der Waals surface area contributed by atoms with Gasteiger partial charge in [0, 0.05) is 19.6 Å². The van der Waals surface area contributed by atoms with Crippen LogP contribution in [0.25, 0.3) is 0 Å². The minimum absolute atomic E-state index is 0.0877. The van der Waals surface area contributed by atoms with Crippen LogP contribution in [0.2, 0.25) is 0 Å². The van der Waals surface area contributed by atoms with Crippen LogP contribution in [-0.4, -0.2) is 30.6 Å². The third-order valence-corrected chi connectivity index (χ3v) is 4.13. The molecule has 2 amide bonds. The van der Waals surface area contributed by atoms with Crippen molar-refractivity contribution in [2.45, 2.75) is 32.9 Å². The number of likely N-dealkylation sites (tertiary alicyclic amines) is 1. The summed E-state index contributed by atoms with van der Waals surface area (Å²) in [5, 5.41) is 2.85. The average molecular weight is 328 g/mol. The van der Waals surface area contributed by atoms with Crippen molar-refractivity contribution >= 4 is 6.03 Å². The Hall–Kier alpha value is -1.72. The maximum Gasteiger partial charge on any atom is 0.416 e.